The molecule has 0 atom stereocenters. The Morgan fingerprint density at radius 2 is 0.629 bits per heavy atom. The summed E-state index contributed by atoms with van der Waals surface area (Å²) in [6, 6.07) is 132. The van der Waals surface area contributed by atoms with Crippen molar-refractivity contribution < 1.29 is 0 Å². The fourth-order valence-corrected chi connectivity index (χ4v) is 17.6. The van der Waals surface area contributed by atoms with Gasteiger partial charge in [-0.25, -0.2) is 0 Å². The quantitative estimate of drug-likeness (QED) is 0.106. The number of fused-ring (bicyclic) bond motifs is 12. The van der Waals surface area contributed by atoms with Crippen molar-refractivity contribution in [2.75, 3.05) is 4.90 Å². The third kappa shape index (κ3) is 8.72. The fourth-order valence-electron chi connectivity index (χ4n) is 16.4. The van der Waals surface area contributed by atoms with Crippen molar-refractivity contribution in [2.24, 2.45) is 0 Å². The normalized spacial score (nSPS) is 12.5. The van der Waals surface area contributed by atoms with Gasteiger partial charge >= 0.3 is 0 Å². The highest BCUT2D eigenvalue weighted by atomic mass is 32.2. The molecule has 0 saturated heterocycles. The van der Waals surface area contributed by atoms with Gasteiger partial charge in [-0.3, -0.25) is 0 Å². The predicted molar refractivity (Wildman–Crippen MR) is 413 cm³/mol. The van der Waals surface area contributed by atoms with Crippen LogP contribution in [-0.2, 0) is 0 Å². The van der Waals surface area contributed by atoms with Gasteiger partial charge in [0.2, 0.25) is 6.71 Å². The van der Waals surface area contributed by atoms with Crippen molar-refractivity contribution in [3.05, 3.63) is 352 Å². The van der Waals surface area contributed by atoms with Crippen LogP contribution in [0.2, 0.25) is 0 Å². The summed E-state index contributed by atoms with van der Waals surface area (Å²) in [6.45, 7) is -0.128. The van der Waals surface area contributed by atoms with Gasteiger partial charge in [0.05, 0.1) is 27.8 Å². The van der Waals surface area contributed by atoms with E-state index in [-0.39, 0.29) is 6.71 Å². The van der Waals surface area contributed by atoms with Gasteiger partial charge in [0.1, 0.15) is 0 Å². The minimum Gasteiger partial charge on any atom is -0.310 e. The third-order valence-corrected chi connectivity index (χ3v) is 21.6. The average molecular weight is 1250 g/mol. The molecule has 3 nitrogen and oxygen atoms in total. The Morgan fingerprint density at radius 1 is 0.237 bits per heavy atom. The molecule has 0 saturated carbocycles. The molecular weight excluding hydrogens is 1190 g/mol. The lowest BCUT2D eigenvalue weighted by Gasteiger charge is -2.42. The standard InChI is InChI=1S/C92H58BN3S/c1-5-26-59(27-6-1)64-52-65(60-28-7-2-8-29-60)54-66(53-64)90-77-40-15-13-38-75(77)89(76-39-14-16-41-78(76)90)63-48-50-79-85(55-63)96(92-69(61-30-9-3-10-31-61)42-25-43-70(92)62-32-11-4-12-33-62)86-56-68(95-83-46-23-19-36-73(83)74-37-20-24-47-84(74)95)58-88-91(86)93(79)80-51-49-67(57-87(80)97-88)94-81-44-21-17-34-71(81)72-35-18-22-45-82(72)94/h1-58H. The summed E-state index contributed by atoms with van der Waals surface area (Å²) in [5.41, 5.74) is 28.4. The van der Waals surface area contributed by atoms with E-state index in [1.54, 1.807) is 0 Å². The number of anilines is 3. The number of rotatable bonds is 9. The average Bonchev–Trinajstić information content (AvgIpc) is 0.780. The predicted octanol–water partition coefficient (Wildman–Crippen LogP) is 23.0. The van der Waals surface area contributed by atoms with Gasteiger partial charge in [-0.2, -0.15) is 0 Å². The minimum absolute atomic E-state index is 0.128. The van der Waals surface area contributed by atoms with Gasteiger partial charge in [-0.1, -0.05) is 296 Å². The van der Waals surface area contributed by atoms with E-state index < -0.39 is 0 Å². The van der Waals surface area contributed by atoms with Crippen LogP contribution in [-0.4, -0.2) is 15.8 Å². The van der Waals surface area contributed by atoms with Crippen LogP contribution in [0.15, 0.2) is 362 Å². The molecule has 20 rings (SSSR count). The summed E-state index contributed by atoms with van der Waals surface area (Å²) >= 11 is 1.92. The minimum atomic E-state index is -0.128. The molecule has 0 amide bonds. The number of hydrogen-bond donors (Lipinski definition) is 0. The number of para-hydroxylation sites is 5. The van der Waals surface area contributed by atoms with Gasteiger partial charge in [0.15, 0.2) is 0 Å². The summed E-state index contributed by atoms with van der Waals surface area (Å²) in [6.07, 6.45) is 0. The first kappa shape index (κ1) is 55.3. The van der Waals surface area contributed by atoms with Crippen LogP contribution < -0.4 is 21.3 Å². The molecule has 2 aliphatic rings. The molecule has 2 aliphatic heterocycles. The maximum Gasteiger partial charge on any atom is 0.249 e. The van der Waals surface area contributed by atoms with Crippen LogP contribution >= 0.6 is 11.8 Å². The number of nitrogens with zero attached hydrogens (tertiary/aromatic N) is 3. The third-order valence-electron chi connectivity index (χ3n) is 20.5. The van der Waals surface area contributed by atoms with Gasteiger partial charge < -0.3 is 14.0 Å². The molecule has 4 heterocycles. The fraction of sp³-hybridized carbons (Fsp3) is 0. The first-order valence-electron chi connectivity index (χ1n) is 33.5. The summed E-state index contributed by atoms with van der Waals surface area (Å²) in [7, 11) is 0. The lowest BCUT2D eigenvalue weighted by Crippen LogP contribution is -2.60. The second kappa shape index (κ2) is 22.2. The van der Waals surface area contributed by atoms with Crippen molar-refractivity contribution in [3.8, 4) is 78.1 Å². The Hall–Kier alpha value is -12.1. The molecule has 450 valence electrons. The van der Waals surface area contributed by atoms with Crippen LogP contribution in [0.5, 0.6) is 0 Å². The molecule has 5 heteroatoms. The number of benzene rings is 16. The Labute approximate surface area is 567 Å². The van der Waals surface area contributed by atoms with Crippen LogP contribution in [0.1, 0.15) is 0 Å². The van der Waals surface area contributed by atoms with Crippen molar-refractivity contribution in [3.63, 3.8) is 0 Å². The summed E-state index contributed by atoms with van der Waals surface area (Å²) < 4.78 is 4.99. The molecule has 16 aromatic carbocycles. The van der Waals surface area contributed by atoms with Crippen molar-refractivity contribution >= 4 is 117 Å². The van der Waals surface area contributed by atoms with Crippen molar-refractivity contribution in [1.82, 2.24) is 9.13 Å². The maximum absolute atomic E-state index is 2.69. The topological polar surface area (TPSA) is 13.1 Å². The monoisotopic (exact) mass is 1250 g/mol. The second-order valence-electron chi connectivity index (χ2n) is 25.8. The van der Waals surface area contributed by atoms with Crippen molar-refractivity contribution in [2.45, 2.75) is 9.79 Å². The molecule has 97 heavy (non-hydrogen) atoms. The zero-order valence-electron chi connectivity index (χ0n) is 52.8. The molecule has 0 fully saturated rings. The van der Waals surface area contributed by atoms with E-state index in [4.69, 9.17) is 0 Å². The van der Waals surface area contributed by atoms with Crippen LogP contribution in [0.4, 0.5) is 17.1 Å². The SMILES string of the molecule is c1ccc(-c2cc(-c3ccccc3)cc(-c3c4ccccc4c(-c4ccc5c(c4)N(c4c(-c6ccccc6)cccc4-c4ccccc4)c4cc(-n6c7ccccc7c7ccccc76)cc6c4B5c4ccc(-n5c7ccccc7c7ccccc75)cc4S6)c4ccccc34)c2)cc1. The zero-order valence-corrected chi connectivity index (χ0v) is 53.6. The smallest absolute Gasteiger partial charge is 0.249 e. The summed E-state index contributed by atoms with van der Waals surface area (Å²) in [5, 5.41) is 9.78. The lowest BCUT2D eigenvalue weighted by molar-refractivity contribution is 1.15. The van der Waals surface area contributed by atoms with E-state index in [0.29, 0.717) is 0 Å². The molecule has 0 spiro atoms. The van der Waals surface area contributed by atoms with E-state index >= 15 is 0 Å². The van der Waals surface area contributed by atoms with Gasteiger partial charge in [-0.05, 0) is 161 Å². The van der Waals surface area contributed by atoms with Gasteiger partial charge in [0, 0.05) is 65.2 Å². The molecule has 0 radical (unpaired) electrons. The largest absolute Gasteiger partial charge is 0.310 e. The molecule has 0 N–H and O–H groups in total. The Bertz CT molecular complexity index is 5950. The van der Waals surface area contributed by atoms with Gasteiger partial charge in [0.25, 0.3) is 0 Å². The lowest BCUT2D eigenvalue weighted by atomic mass is 9.34. The van der Waals surface area contributed by atoms with Crippen molar-refractivity contribution in [1.29, 1.82) is 0 Å². The Kier molecular flexibility index (Phi) is 12.7. The molecule has 0 aliphatic carbocycles. The summed E-state index contributed by atoms with van der Waals surface area (Å²) in [4.78, 5) is 5.18. The van der Waals surface area contributed by atoms with E-state index in [0.717, 1.165) is 56.3 Å². The molecule has 0 bridgehead atoms. The first-order valence-corrected chi connectivity index (χ1v) is 34.3. The van der Waals surface area contributed by atoms with E-state index in [2.05, 4.69) is 366 Å². The maximum atomic E-state index is 2.69. The Morgan fingerprint density at radius 3 is 1.11 bits per heavy atom. The number of aromatic nitrogens is 2. The second-order valence-corrected chi connectivity index (χ2v) is 26.9. The molecule has 0 unspecified atom stereocenters. The first-order chi connectivity index (χ1) is 48.1. The summed E-state index contributed by atoms with van der Waals surface area (Å²) in [5.74, 6) is 0. The van der Waals surface area contributed by atoms with Crippen LogP contribution in [0.3, 0.4) is 0 Å². The molecular formula is C92H58BN3S. The number of hydrogen-bond acceptors (Lipinski definition) is 2. The highest BCUT2D eigenvalue weighted by Crippen LogP contribution is 2.53. The highest BCUT2D eigenvalue weighted by molar-refractivity contribution is 8.00. The van der Waals surface area contributed by atoms with E-state index in [9.17, 15) is 0 Å². The van der Waals surface area contributed by atoms with Crippen LogP contribution in [0, 0.1) is 0 Å². The van der Waals surface area contributed by atoms with Crippen LogP contribution in [0.25, 0.3) is 143 Å². The zero-order chi connectivity index (χ0) is 63.7. The Balaban J connectivity index is 0.892. The molecule has 18 aromatic rings. The molecule has 2 aromatic heterocycles. The van der Waals surface area contributed by atoms with E-state index in [1.807, 2.05) is 11.8 Å². The highest BCUT2D eigenvalue weighted by Gasteiger charge is 2.43. The van der Waals surface area contributed by atoms with E-state index in [1.165, 1.54) is 130 Å². The van der Waals surface area contributed by atoms with Gasteiger partial charge in [-0.15, -0.1) is 0 Å².